The third-order valence-electron chi connectivity index (χ3n) is 3.78. The summed E-state index contributed by atoms with van der Waals surface area (Å²) in [4.78, 5) is 15.3. The number of fused-ring (bicyclic) bond motifs is 1. The Kier molecular flexibility index (Phi) is 3.59. The summed E-state index contributed by atoms with van der Waals surface area (Å²) < 4.78 is 10.6. The number of aromatic amines is 1. The zero-order valence-electron chi connectivity index (χ0n) is 12.8. The molecule has 0 aliphatic heterocycles. The van der Waals surface area contributed by atoms with E-state index in [9.17, 15) is 4.79 Å². The maximum Gasteiger partial charge on any atom is 0.256 e. The van der Waals surface area contributed by atoms with Gasteiger partial charge in [0, 0.05) is 11.3 Å². The third-order valence-corrected chi connectivity index (χ3v) is 3.78. The number of hydrogen-bond acceptors (Lipinski definition) is 3. The molecular weight excluding hydrogens is 278 g/mol. The van der Waals surface area contributed by atoms with Crippen molar-refractivity contribution in [3.05, 3.63) is 58.4 Å². The maximum absolute atomic E-state index is 12.4. The number of nitrogens with one attached hydrogen (secondary N) is 1. The minimum atomic E-state index is -0.142. The highest BCUT2D eigenvalue weighted by molar-refractivity contribution is 5.88. The minimum absolute atomic E-state index is 0.142. The molecule has 1 aromatic heterocycles. The Labute approximate surface area is 128 Å². The molecule has 1 N–H and O–H groups in total. The fraction of sp³-hybridized carbons (Fsp3) is 0.167. The molecule has 0 bridgehead atoms. The average molecular weight is 295 g/mol. The zero-order chi connectivity index (χ0) is 15.7. The Morgan fingerprint density at radius 2 is 1.64 bits per heavy atom. The smallest absolute Gasteiger partial charge is 0.256 e. The van der Waals surface area contributed by atoms with Crippen LogP contribution in [0, 0.1) is 6.92 Å². The molecular formula is C18H17NO3. The Hall–Kier alpha value is -2.75. The van der Waals surface area contributed by atoms with Crippen molar-refractivity contribution in [2.75, 3.05) is 14.2 Å². The number of pyridine rings is 1. The van der Waals surface area contributed by atoms with E-state index in [1.54, 1.807) is 20.3 Å². The Balaban J connectivity index is 2.29. The molecule has 0 fully saturated rings. The van der Waals surface area contributed by atoms with Crippen LogP contribution in [0.3, 0.4) is 0 Å². The van der Waals surface area contributed by atoms with Crippen LogP contribution < -0.4 is 15.0 Å². The van der Waals surface area contributed by atoms with Crippen LogP contribution in [0.4, 0.5) is 0 Å². The van der Waals surface area contributed by atoms with E-state index in [1.807, 2.05) is 43.3 Å². The lowest BCUT2D eigenvalue weighted by molar-refractivity contribution is 0.356. The number of rotatable bonds is 3. The molecule has 0 atom stereocenters. The van der Waals surface area contributed by atoms with E-state index >= 15 is 0 Å². The van der Waals surface area contributed by atoms with Gasteiger partial charge in [-0.1, -0.05) is 24.3 Å². The van der Waals surface area contributed by atoms with E-state index in [0.29, 0.717) is 16.9 Å². The number of aryl methyl sites for hydroxylation is 1. The molecule has 0 saturated heterocycles. The second-order valence-electron chi connectivity index (χ2n) is 5.12. The molecule has 1 heterocycles. The predicted molar refractivity (Wildman–Crippen MR) is 87.8 cm³/mol. The van der Waals surface area contributed by atoms with Crippen LogP contribution in [0.2, 0.25) is 0 Å². The summed E-state index contributed by atoms with van der Waals surface area (Å²) in [5.74, 6) is 1.15. The third kappa shape index (κ3) is 2.33. The summed E-state index contributed by atoms with van der Waals surface area (Å²) in [7, 11) is 3.14. The Morgan fingerprint density at radius 1 is 0.955 bits per heavy atom. The molecule has 0 radical (unpaired) electrons. The van der Waals surface area contributed by atoms with E-state index in [0.717, 1.165) is 22.2 Å². The van der Waals surface area contributed by atoms with Crippen LogP contribution in [0.15, 0.2) is 47.3 Å². The van der Waals surface area contributed by atoms with Gasteiger partial charge in [0.15, 0.2) is 11.5 Å². The number of aromatic nitrogens is 1. The number of hydrogen-bond donors (Lipinski definition) is 1. The predicted octanol–water partition coefficient (Wildman–Crippen LogP) is 3.52. The second kappa shape index (κ2) is 5.56. The van der Waals surface area contributed by atoms with Crippen LogP contribution >= 0.6 is 0 Å². The Bertz CT molecular complexity index is 896. The molecule has 0 amide bonds. The van der Waals surface area contributed by atoms with Gasteiger partial charge in [0.1, 0.15) is 0 Å². The van der Waals surface area contributed by atoms with Gasteiger partial charge in [0.2, 0.25) is 0 Å². The first-order valence-electron chi connectivity index (χ1n) is 6.99. The zero-order valence-corrected chi connectivity index (χ0v) is 12.8. The largest absolute Gasteiger partial charge is 0.493 e. The minimum Gasteiger partial charge on any atom is -0.493 e. The van der Waals surface area contributed by atoms with E-state index < -0.39 is 0 Å². The van der Waals surface area contributed by atoms with Gasteiger partial charge in [-0.15, -0.1) is 0 Å². The summed E-state index contributed by atoms with van der Waals surface area (Å²) in [6.07, 6.45) is 0. The van der Waals surface area contributed by atoms with Crippen LogP contribution in [-0.4, -0.2) is 19.2 Å². The molecule has 22 heavy (non-hydrogen) atoms. The number of ether oxygens (including phenoxy) is 2. The SMILES string of the molecule is COc1cc2cc(-c3ccccc3C)[nH]c(=O)c2cc1OC. The van der Waals surface area contributed by atoms with Crippen molar-refractivity contribution in [2.45, 2.75) is 6.92 Å². The highest BCUT2D eigenvalue weighted by Gasteiger charge is 2.11. The van der Waals surface area contributed by atoms with E-state index in [1.165, 1.54) is 0 Å². The van der Waals surface area contributed by atoms with Crippen LogP contribution in [0.25, 0.3) is 22.0 Å². The first kappa shape index (κ1) is 14.2. The molecule has 0 saturated carbocycles. The van der Waals surface area contributed by atoms with Gasteiger partial charge < -0.3 is 14.5 Å². The molecule has 2 aromatic carbocycles. The molecule has 112 valence electrons. The summed E-state index contributed by atoms with van der Waals surface area (Å²) in [6.45, 7) is 2.02. The quantitative estimate of drug-likeness (QED) is 0.804. The van der Waals surface area contributed by atoms with Crippen LogP contribution in [0.1, 0.15) is 5.56 Å². The van der Waals surface area contributed by atoms with Crippen molar-refractivity contribution < 1.29 is 9.47 Å². The molecule has 3 aromatic rings. The van der Waals surface area contributed by atoms with Crippen molar-refractivity contribution in [1.29, 1.82) is 0 Å². The van der Waals surface area contributed by atoms with Gasteiger partial charge in [0.05, 0.1) is 19.6 Å². The average Bonchev–Trinajstić information content (AvgIpc) is 2.54. The van der Waals surface area contributed by atoms with Crippen molar-refractivity contribution >= 4 is 10.8 Å². The molecule has 0 spiro atoms. The van der Waals surface area contributed by atoms with E-state index in [-0.39, 0.29) is 5.56 Å². The topological polar surface area (TPSA) is 51.3 Å². The molecule has 0 unspecified atom stereocenters. The van der Waals surface area contributed by atoms with Gasteiger partial charge in [0.25, 0.3) is 5.56 Å². The summed E-state index contributed by atoms with van der Waals surface area (Å²) >= 11 is 0. The molecule has 4 heteroatoms. The summed E-state index contributed by atoms with van der Waals surface area (Å²) in [5.41, 5.74) is 2.77. The number of benzene rings is 2. The lowest BCUT2D eigenvalue weighted by Gasteiger charge is -2.11. The van der Waals surface area contributed by atoms with Crippen molar-refractivity contribution in [3.8, 4) is 22.8 Å². The lowest BCUT2D eigenvalue weighted by Crippen LogP contribution is -2.08. The lowest BCUT2D eigenvalue weighted by atomic mass is 10.0. The van der Waals surface area contributed by atoms with Gasteiger partial charge in [-0.25, -0.2) is 0 Å². The van der Waals surface area contributed by atoms with Crippen molar-refractivity contribution in [3.63, 3.8) is 0 Å². The monoisotopic (exact) mass is 295 g/mol. The first-order chi connectivity index (χ1) is 10.6. The molecule has 3 rings (SSSR count). The van der Waals surface area contributed by atoms with Crippen molar-refractivity contribution in [1.82, 2.24) is 4.98 Å². The molecule has 0 aliphatic carbocycles. The summed E-state index contributed by atoms with van der Waals surface area (Å²) in [5, 5.41) is 1.40. The molecule has 4 nitrogen and oxygen atoms in total. The van der Waals surface area contributed by atoms with Crippen molar-refractivity contribution in [2.24, 2.45) is 0 Å². The van der Waals surface area contributed by atoms with E-state index in [4.69, 9.17) is 9.47 Å². The van der Waals surface area contributed by atoms with Gasteiger partial charge in [-0.2, -0.15) is 0 Å². The van der Waals surface area contributed by atoms with Crippen LogP contribution in [-0.2, 0) is 0 Å². The Morgan fingerprint density at radius 3 is 2.32 bits per heavy atom. The molecule has 0 aliphatic rings. The highest BCUT2D eigenvalue weighted by atomic mass is 16.5. The number of H-pyrrole nitrogens is 1. The summed E-state index contributed by atoms with van der Waals surface area (Å²) in [6, 6.07) is 13.4. The van der Waals surface area contributed by atoms with Gasteiger partial charge in [-0.05, 0) is 36.1 Å². The fourth-order valence-corrected chi connectivity index (χ4v) is 2.61. The maximum atomic E-state index is 12.4. The first-order valence-corrected chi connectivity index (χ1v) is 6.99. The van der Waals surface area contributed by atoms with Crippen LogP contribution in [0.5, 0.6) is 11.5 Å². The van der Waals surface area contributed by atoms with Gasteiger partial charge in [-0.3, -0.25) is 4.79 Å². The standard InChI is InChI=1S/C18H17NO3/c1-11-6-4-5-7-13(11)15-8-12-9-16(21-2)17(22-3)10-14(12)18(20)19-15/h4-10H,1-3H3,(H,19,20). The normalized spacial score (nSPS) is 10.7. The fourth-order valence-electron chi connectivity index (χ4n) is 2.61. The van der Waals surface area contributed by atoms with Gasteiger partial charge >= 0.3 is 0 Å². The highest BCUT2D eigenvalue weighted by Crippen LogP contribution is 2.32. The number of methoxy groups -OCH3 is 2. The van der Waals surface area contributed by atoms with E-state index in [2.05, 4.69) is 4.98 Å². The second-order valence-corrected chi connectivity index (χ2v) is 5.12.